The van der Waals surface area contributed by atoms with Gasteiger partial charge in [-0.2, -0.15) is 5.21 Å². The summed E-state index contributed by atoms with van der Waals surface area (Å²) in [5.74, 6) is 0.0492. The lowest BCUT2D eigenvalue weighted by molar-refractivity contribution is 0.629. The molecule has 0 unspecified atom stereocenters. The highest BCUT2D eigenvalue weighted by Gasteiger charge is 2.17. The van der Waals surface area contributed by atoms with Gasteiger partial charge in [0.25, 0.3) is 0 Å². The Morgan fingerprint density at radius 3 is 2.74 bits per heavy atom. The van der Waals surface area contributed by atoms with Gasteiger partial charge in [0, 0.05) is 28.7 Å². The zero-order valence-corrected chi connectivity index (χ0v) is 12.6. The van der Waals surface area contributed by atoms with Crippen molar-refractivity contribution in [3.05, 3.63) is 65.1 Å². The Bertz CT molecular complexity index is 963. The number of tetrazole rings is 1. The number of benzene rings is 2. The van der Waals surface area contributed by atoms with Crippen molar-refractivity contribution >= 4 is 22.5 Å². The maximum atomic E-state index is 14.4. The molecule has 0 amide bonds. The van der Waals surface area contributed by atoms with E-state index in [1.165, 1.54) is 6.20 Å². The fourth-order valence-electron chi connectivity index (χ4n) is 2.71. The fourth-order valence-corrected chi connectivity index (χ4v) is 2.93. The highest BCUT2D eigenvalue weighted by Crippen LogP contribution is 2.33. The van der Waals surface area contributed by atoms with Crippen LogP contribution in [-0.2, 0) is 6.54 Å². The van der Waals surface area contributed by atoms with Crippen LogP contribution in [0.5, 0.6) is 0 Å². The molecule has 7 heteroatoms. The second kappa shape index (κ2) is 5.48. The first kappa shape index (κ1) is 13.9. The van der Waals surface area contributed by atoms with E-state index in [0.29, 0.717) is 33.9 Å². The van der Waals surface area contributed by atoms with Gasteiger partial charge in [0.15, 0.2) is 0 Å². The van der Waals surface area contributed by atoms with Crippen LogP contribution in [0, 0.1) is 5.82 Å². The number of fused-ring (bicyclic) bond motifs is 1. The minimum atomic E-state index is -0.330. The molecular formula is C16H11ClFN5. The molecule has 0 radical (unpaired) electrons. The van der Waals surface area contributed by atoms with E-state index in [4.69, 9.17) is 11.6 Å². The monoisotopic (exact) mass is 327 g/mol. The van der Waals surface area contributed by atoms with E-state index in [0.717, 1.165) is 5.56 Å². The van der Waals surface area contributed by atoms with Gasteiger partial charge in [-0.1, -0.05) is 41.9 Å². The zero-order chi connectivity index (χ0) is 15.8. The van der Waals surface area contributed by atoms with Gasteiger partial charge in [-0.25, -0.2) is 4.39 Å². The minimum absolute atomic E-state index is 0.330. The highest BCUT2D eigenvalue weighted by atomic mass is 35.5. The molecule has 0 saturated carbocycles. The molecule has 4 aromatic rings. The molecule has 2 aromatic heterocycles. The molecule has 0 fully saturated rings. The Hall–Kier alpha value is -2.73. The van der Waals surface area contributed by atoms with E-state index in [1.807, 2.05) is 34.9 Å². The SMILES string of the molecule is Fc1cn(Cc2ccccc2)c2c(-c3nn[nH]n3)cc(Cl)cc12. The summed E-state index contributed by atoms with van der Waals surface area (Å²) < 4.78 is 16.2. The van der Waals surface area contributed by atoms with Gasteiger partial charge in [-0.15, -0.1) is 10.2 Å². The number of halogens is 2. The maximum Gasteiger partial charge on any atom is 0.206 e. The predicted molar refractivity (Wildman–Crippen MR) is 85.6 cm³/mol. The molecule has 0 aliphatic heterocycles. The molecular weight excluding hydrogens is 317 g/mol. The van der Waals surface area contributed by atoms with E-state index >= 15 is 0 Å². The van der Waals surface area contributed by atoms with E-state index in [-0.39, 0.29) is 5.82 Å². The Kier molecular flexibility index (Phi) is 3.31. The van der Waals surface area contributed by atoms with Crippen LogP contribution in [0.1, 0.15) is 5.56 Å². The van der Waals surface area contributed by atoms with Crippen LogP contribution in [0.25, 0.3) is 22.3 Å². The third kappa shape index (κ3) is 2.47. The predicted octanol–water partition coefficient (Wildman–Crippen LogP) is 3.66. The summed E-state index contributed by atoms with van der Waals surface area (Å²) in [7, 11) is 0. The molecule has 2 heterocycles. The quantitative estimate of drug-likeness (QED) is 0.624. The molecule has 23 heavy (non-hydrogen) atoms. The van der Waals surface area contributed by atoms with Crippen molar-refractivity contribution in [1.82, 2.24) is 25.2 Å². The molecule has 0 atom stereocenters. The maximum absolute atomic E-state index is 14.4. The van der Waals surface area contributed by atoms with Gasteiger partial charge in [-0.3, -0.25) is 0 Å². The number of rotatable bonds is 3. The van der Waals surface area contributed by atoms with Crippen molar-refractivity contribution in [1.29, 1.82) is 0 Å². The van der Waals surface area contributed by atoms with Gasteiger partial charge in [0.05, 0.1) is 5.52 Å². The molecule has 114 valence electrons. The zero-order valence-electron chi connectivity index (χ0n) is 11.9. The van der Waals surface area contributed by atoms with Crippen molar-refractivity contribution in [2.75, 3.05) is 0 Å². The number of H-pyrrole nitrogens is 1. The summed E-state index contributed by atoms with van der Waals surface area (Å²) in [5.41, 5.74) is 2.40. The van der Waals surface area contributed by atoms with Crippen LogP contribution in [-0.4, -0.2) is 25.2 Å². The Labute approximate surface area is 135 Å². The van der Waals surface area contributed by atoms with Crippen LogP contribution in [0.15, 0.2) is 48.7 Å². The number of nitrogens with one attached hydrogen (secondary N) is 1. The normalized spacial score (nSPS) is 11.2. The number of nitrogens with zero attached hydrogens (tertiary/aromatic N) is 4. The first-order chi connectivity index (χ1) is 11.2. The van der Waals surface area contributed by atoms with Gasteiger partial charge in [-0.05, 0) is 22.9 Å². The molecule has 1 N–H and O–H groups in total. The standard InChI is InChI=1S/C16H11ClFN5/c17-11-6-12-14(18)9-23(8-10-4-2-1-3-5-10)15(12)13(7-11)16-19-21-22-20-16/h1-7,9H,8H2,(H,19,20,21,22). The molecule has 0 aliphatic rings. The third-order valence-electron chi connectivity index (χ3n) is 3.67. The number of aromatic nitrogens is 5. The molecule has 2 aromatic carbocycles. The average Bonchev–Trinajstić information content (AvgIpc) is 3.17. The molecule has 5 nitrogen and oxygen atoms in total. The number of hydrogen-bond acceptors (Lipinski definition) is 3. The van der Waals surface area contributed by atoms with E-state index in [9.17, 15) is 4.39 Å². The van der Waals surface area contributed by atoms with Gasteiger partial charge >= 0.3 is 0 Å². The molecule has 4 rings (SSSR count). The van der Waals surface area contributed by atoms with Crippen LogP contribution < -0.4 is 0 Å². The molecule has 0 saturated heterocycles. The van der Waals surface area contributed by atoms with E-state index < -0.39 is 0 Å². The number of hydrogen-bond donors (Lipinski definition) is 1. The summed E-state index contributed by atoms with van der Waals surface area (Å²) in [5, 5.41) is 14.8. The van der Waals surface area contributed by atoms with Gasteiger partial charge in [0.2, 0.25) is 5.82 Å². The lowest BCUT2D eigenvalue weighted by Gasteiger charge is -2.08. The first-order valence-corrected chi connectivity index (χ1v) is 7.36. The van der Waals surface area contributed by atoms with Crippen molar-refractivity contribution in [3.8, 4) is 11.4 Å². The van der Waals surface area contributed by atoms with Crippen molar-refractivity contribution in [3.63, 3.8) is 0 Å². The summed E-state index contributed by atoms with van der Waals surface area (Å²) in [6.07, 6.45) is 1.47. The second-order valence-corrected chi connectivity index (χ2v) is 5.61. The van der Waals surface area contributed by atoms with Crippen LogP contribution in [0.2, 0.25) is 5.02 Å². The molecule has 0 bridgehead atoms. The molecule has 0 aliphatic carbocycles. The minimum Gasteiger partial charge on any atom is -0.339 e. The van der Waals surface area contributed by atoms with Crippen LogP contribution >= 0.6 is 11.6 Å². The van der Waals surface area contributed by atoms with Crippen LogP contribution in [0.3, 0.4) is 0 Å². The third-order valence-corrected chi connectivity index (χ3v) is 3.89. The first-order valence-electron chi connectivity index (χ1n) is 6.98. The Balaban J connectivity index is 1.95. The summed E-state index contributed by atoms with van der Waals surface area (Å²) in [6, 6.07) is 13.2. The van der Waals surface area contributed by atoms with Crippen LogP contribution in [0.4, 0.5) is 4.39 Å². The summed E-state index contributed by atoms with van der Waals surface area (Å²) >= 11 is 6.12. The lowest BCUT2D eigenvalue weighted by Crippen LogP contribution is -1.99. The van der Waals surface area contributed by atoms with Gasteiger partial charge in [0.1, 0.15) is 5.82 Å². The summed E-state index contributed by atoms with van der Waals surface area (Å²) in [6.45, 7) is 0.535. The fraction of sp³-hybridized carbons (Fsp3) is 0.0625. The molecule has 0 spiro atoms. The number of aromatic amines is 1. The van der Waals surface area contributed by atoms with Crippen molar-refractivity contribution < 1.29 is 4.39 Å². The topological polar surface area (TPSA) is 59.4 Å². The van der Waals surface area contributed by atoms with Gasteiger partial charge < -0.3 is 4.57 Å². The van der Waals surface area contributed by atoms with E-state index in [2.05, 4.69) is 20.6 Å². The average molecular weight is 328 g/mol. The Morgan fingerprint density at radius 2 is 2.00 bits per heavy atom. The smallest absolute Gasteiger partial charge is 0.206 e. The summed E-state index contributed by atoms with van der Waals surface area (Å²) in [4.78, 5) is 0. The van der Waals surface area contributed by atoms with Crippen molar-refractivity contribution in [2.24, 2.45) is 0 Å². The lowest BCUT2D eigenvalue weighted by atomic mass is 10.1. The second-order valence-electron chi connectivity index (χ2n) is 5.18. The Morgan fingerprint density at radius 1 is 1.17 bits per heavy atom. The largest absolute Gasteiger partial charge is 0.339 e. The highest BCUT2D eigenvalue weighted by molar-refractivity contribution is 6.31. The van der Waals surface area contributed by atoms with E-state index in [1.54, 1.807) is 12.1 Å². The van der Waals surface area contributed by atoms with Crippen molar-refractivity contribution in [2.45, 2.75) is 6.54 Å².